The monoisotopic (exact) mass is 309 g/mol. The molecule has 5 nitrogen and oxygen atoms in total. The van der Waals surface area contributed by atoms with Crippen molar-refractivity contribution >= 4 is 29.2 Å². The standard InChI is InChI=1S/C15H19N3O2.ClH/c1-9(8-16)17-15(19)13-6-11-4-5-12(20-3)7-14(11)18-10(13)2;/h4-7,9H,8,16H2,1-3H3,(H,17,19);1H/t9-;/m0./s1. The van der Waals surface area contributed by atoms with E-state index in [4.69, 9.17) is 10.5 Å². The fourth-order valence-corrected chi connectivity index (χ4v) is 1.96. The van der Waals surface area contributed by atoms with Gasteiger partial charge < -0.3 is 15.8 Å². The van der Waals surface area contributed by atoms with Crippen LogP contribution in [0, 0.1) is 6.92 Å². The van der Waals surface area contributed by atoms with E-state index in [9.17, 15) is 4.79 Å². The van der Waals surface area contributed by atoms with Gasteiger partial charge in [-0.25, -0.2) is 0 Å². The molecule has 1 aromatic carbocycles. The molecular weight excluding hydrogens is 290 g/mol. The summed E-state index contributed by atoms with van der Waals surface area (Å²) in [5.41, 5.74) is 7.58. The molecule has 0 aliphatic carbocycles. The summed E-state index contributed by atoms with van der Waals surface area (Å²) in [4.78, 5) is 16.6. The van der Waals surface area contributed by atoms with Gasteiger partial charge in [0.25, 0.3) is 5.91 Å². The number of pyridine rings is 1. The summed E-state index contributed by atoms with van der Waals surface area (Å²) in [6.07, 6.45) is 0. The van der Waals surface area contributed by atoms with Gasteiger partial charge in [-0.1, -0.05) is 0 Å². The van der Waals surface area contributed by atoms with E-state index in [1.807, 2.05) is 38.1 Å². The molecule has 0 radical (unpaired) electrons. The van der Waals surface area contributed by atoms with Gasteiger partial charge >= 0.3 is 0 Å². The van der Waals surface area contributed by atoms with Gasteiger partial charge in [0, 0.05) is 24.0 Å². The van der Waals surface area contributed by atoms with Crippen LogP contribution < -0.4 is 15.8 Å². The number of nitrogens with two attached hydrogens (primary N) is 1. The second kappa shape index (κ2) is 7.24. The first-order chi connectivity index (χ1) is 9.55. The number of ether oxygens (including phenoxy) is 1. The third-order valence-corrected chi connectivity index (χ3v) is 3.19. The van der Waals surface area contributed by atoms with E-state index in [-0.39, 0.29) is 24.4 Å². The Bertz CT molecular complexity index is 646. The van der Waals surface area contributed by atoms with Gasteiger partial charge in [0.2, 0.25) is 0 Å². The first-order valence-corrected chi connectivity index (χ1v) is 6.51. The van der Waals surface area contributed by atoms with Crippen LogP contribution in [0.5, 0.6) is 5.75 Å². The fourth-order valence-electron chi connectivity index (χ4n) is 1.96. The number of nitrogens with one attached hydrogen (secondary N) is 1. The number of carbonyl (C=O) groups is 1. The number of nitrogens with zero attached hydrogens (tertiary/aromatic N) is 1. The van der Waals surface area contributed by atoms with Gasteiger partial charge in [-0.2, -0.15) is 0 Å². The van der Waals surface area contributed by atoms with Gasteiger partial charge in [0.05, 0.1) is 23.9 Å². The Morgan fingerprint density at radius 2 is 2.14 bits per heavy atom. The van der Waals surface area contributed by atoms with Crippen LogP contribution in [0.1, 0.15) is 23.0 Å². The molecule has 1 aromatic heterocycles. The predicted octanol–water partition coefficient (Wildman–Crippen LogP) is 2.05. The zero-order valence-corrected chi connectivity index (χ0v) is 13.2. The Morgan fingerprint density at radius 3 is 2.76 bits per heavy atom. The maximum atomic E-state index is 12.2. The molecular formula is C15H20ClN3O2. The Morgan fingerprint density at radius 1 is 1.43 bits per heavy atom. The summed E-state index contributed by atoms with van der Waals surface area (Å²) in [5, 5.41) is 3.75. The van der Waals surface area contributed by atoms with Crippen molar-refractivity contribution in [2.24, 2.45) is 5.73 Å². The number of methoxy groups -OCH3 is 1. The summed E-state index contributed by atoms with van der Waals surface area (Å²) >= 11 is 0. The maximum absolute atomic E-state index is 12.2. The van der Waals surface area contributed by atoms with E-state index < -0.39 is 0 Å². The molecule has 114 valence electrons. The Balaban J connectivity index is 0.00000220. The minimum absolute atomic E-state index is 0. The molecule has 0 unspecified atom stereocenters. The number of carbonyl (C=O) groups excluding carboxylic acids is 1. The molecule has 0 fully saturated rings. The van der Waals surface area contributed by atoms with Crippen LogP contribution in [0.3, 0.4) is 0 Å². The highest BCUT2D eigenvalue weighted by Gasteiger charge is 2.13. The van der Waals surface area contributed by atoms with E-state index in [1.165, 1.54) is 0 Å². The molecule has 3 N–H and O–H groups in total. The topological polar surface area (TPSA) is 77.2 Å². The second-order valence-corrected chi connectivity index (χ2v) is 4.79. The minimum atomic E-state index is -0.148. The van der Waals surface area contributed by atoms with E-state index in [0.29, 0.717) is 17.8 Å². The van der Waals surface area contributed by atoms with E-state index in [1.54, 1.807) is 7.11 Å². The maximum Gasteiger partial charge on any atom is 0.253 e. The van der Waals surface area contributed by atoms with Crippen molar-refractivity contribution in [3.05, 3.63) is 35.5 Å². The van der Waals surface area contributed by atoms with Crippen molar-refractivity contribution in [2.45, 2.75) is 19.9 Å². The number of aromatic nitrogens is 1. The zero-order chi connectivity index (χ0) is 14.7. The predicted molar refractivity (Wildman–Crippen MR) is 86.3 cm³/mol. The molecule has 0 saturated carbocycles. The molecule has 1 atom stereocenters. The van der Waals surface area contributed by atoms with Gasteiger partial charge in [-0.3, -0.25) is 9.78 Å². The zero-order valence-electron chi connectivity index (χ0n) is 12.3. The highest BCUT2D eigenvalue weighted by molar-refractivity contribution is 5.98. The number of fused-ring (bicyclic) bond motifs is 1. The quantitative estimate of drug-likeness (QED) is 0.906. The van der Waals surface area contributed by atoms with Crippen LogP contribution in [-0.2, 0) is 0 Å². The summed E-state index contributed by atoms with van der Waals surface area (Å²) < 4.78 is 5.17. The number of hydrogen-bond acceptors (Lipinski definition) is 4. The number of benzene rings is 1. The third-order valence-electron chi connectivity index (χ3n) is 3.19. The van der Waals surface area contributed by atoms with Crippen molar-refractivity contribution < 1.29 is 9.53 Å². The molecule has 0 saturated heterocycles. The SMILES string of the molecule is COc1ccc2cc(C(=O)N[C@@H](C)CN)c(C)nc2c1.Cl. The van der Waals surface area contributed by atoms with Crippen molar-refractivity contribution in [2.75, 3.05) is 13.7 Å². The van der Waals surface area contributed by atoms with Crippen LogP contribution in [-0.4, -0.2) is 30.6 Å². The lowest BCUT2D eigenvalue weighted by molar-refractivity contribution is 0.0940. The van der Waals surface area contributed by atoms with Crippen LogP contribution in [0.15, 0.2) is 24.3 Å². The molecule has 1 amide bonds. The van der Waals surface area contributed by atoms with Crippen LogP contribution >= 0.6 is 12.4 Å². The average Bonchev–Trinajstić information content (AvgIpc) is 2.45. The lowest BCUT2D eigenvalue weighted by Gasteiger charge is -2.13. The number of amides is 1. The van der Waals surface area contributed by atoms with E-state index in [0.717, 1.165) is 16.7 Å². The van der Waals surface area contributed by atoms with Crippen LogP contribution in [0.2, 0.25) is 0 Å². The number of aryl methyl sites for hydroxylation is 1. The largest absolute Gasteiger partial charge is 0.497 e. The number of hydrogen-bond donors (Lipinski definition) is 2. The summed E-state index contributed by atoms with van der Waals surface area (Å²) in [5.74, 6) is 0.601. The summed E-state index contributed by atoms with van der Waals surface area (Å²) in [7, 11) is 1.62. The lowest BCUT2D eigenvalue weighted by Crippen LogP contribution is -2.38. The van der Waals surface area contributed by atoms with Crippen LogP contribution in [0.25, 0.3) is 10.9 Å². The van der Waals surface area contributed by atoms with Gasteiger partial charge in [-0.05, 0) is 32.0 Å². The number of halogens is 1. The molecule has 2 aromatic rings. The Labute approximate surface area is 130 Å². The summed E-state index contributed by atoms with van der Waals surface area (Å²) in [6.45, 7) is 4.09. The lowest BCUT2D eigenvalue weighted by atomic mass is 10.1. The van der Waals surface area contributed by atoms with Gasteiger partial charge in [0.1, 0.15) is 5.75 Å². The first kappa shape index (κ1) is 17.2. The van der Waals surface area contributed by atoms with Crippen molar-refractivity contribution in [1.82, 2.24) is 10.3 Å². The molecule has 1 heterocycles. The molecule has 6 heteroatoms. The normalized spacial score (nSPS) is 11.6. The highest BCUT2D eigenvalue weighted by atomic mass is 35.5. The molecule has 21 heavy (non-hydrogen) atoms. The molecule has 0 spiro atoms. The van der Waals surface area contributed by atoms with Gasteiger partial charge in [0.15, 0.2) is 0 Å². The second-order valence-electron chi connectivity index (χ2n) is 4.79. The molecule has 0 aliphatic rings. The van der Waals surface area contributed by atoms with Crippen molar-refractivity contribution in [1.29, 1.82) is 0 Å². The Kier molecular flexibility index (Phi) is 5.93. The summed E-state index contributed by atoms with van der Waals surface area (Å²) in [6, 6.07) is 7.38. The van der Waals surface area contributed by atoms with Gasteiger partial charge in [-0.15, -0.1) is 12.4 Å². The fraction of sp³-hybridized carbons (Fsp3) is 0.333. The van der Waals surface area contributed by atoms with E-state index >= 15 is 0 Å². The van der Waals surface area contributed by atoms with Crippen molar-refractivity contribution in [3.8, 4) is 5.75 Å². The van der Waals surface area contributed by atoms with E-state index in [2.05, 4.69) is 10.3 Å². The van der Waals surface area contributed by atoms with Crippen molar-refractivity contribution in [3.63, 3.8) is 0 Å². The highest BCUT2D eigenvalue weighted by Crippen LogP contribution is 2.21. The molecule has 0 aliphatic heterocycles. The van der Waals surface area contributed by atoms with Crippen LogP contribution in [0.4, 0.5) is 0 Å². The molecule has 0 bridgehead atoms. The number of rotatable bonds is 4. The first-order valence-electron chi connectivity index (χ1n) is 6.51. The smallest absolute Gasteiger partial charge is 0.253 e. The molecule has 2 rings (SSSR count). The third kappa shape index (κ3) is 3.83. The minimum Gasteiger partial charge on any atom is -0.497 e. The average molecular weight is 310 g/mol. The Hall–Kier alpha value is -1.85.